The molecule has 1 aromatic carbocycles. The van der Waals surface area contributed by atoms with Gasteiger partial charge in [0, 0.05) is 36.5 Å². The molecule has 0 bridgehead atoms. The Balaban J connectivity index is 2.23. The number of methoxy groups -OCH3 is 1. The third-order valence-corrected chi connectivity index (χ3v) is 3.03. The molecule has 0 radical (unpaired) electrons. The van der Waals surface area contributed by atoms with Gasteiger partial charge < -0.3 is 9.72 Å². The van der Waals surface area contributed by atoms with Crippen LogP contribution in [0.3, 0.4) is 0 Å². The largest absolute Gasteiger partial charge is 0.377 e. The second kappa shape index (κ2) is 5.22. The van der Waals surface area contributed by atoms with Gasteiger partial charge in [0.05, 0.1) is 5.69 Å². The van der Waals surface area contributed by atoms with Gasteiger partial charge in [0.1, 0.15) is 12.4 Å². The molecule has 0 atom stereocenters. The number of pyridine rings is 1. The minimum absolute atomic E-state index is 0.187. The van der Waals surface area contributed by atoms with E-state index >= 15 is 0 Å². The van der Waals surface area contributed by atoms with Crippen LogP contribution in [0.5, 0.6) is 0 Å². The molecule has 3 rings (SSSR count). The molecule has 5 nitrogen and oxygen atoms in total. The summed E-state index contributed by atoms with van der Waals surface area (Å²) in [5, 5.41) is 2.03. The van der Waals surface area contributed by atoms with Crippen LogP contribution in [-0.4, -0.2) is 22.1 Å². The van der Waals surface area contributed by atoms with E-state index in [-0.39, 0.29) is 12.2 Å². The fourth-order valence-electron chi connectivity index (χ4n) is 2.20. The molecule has 2 aromatic heterocycles. The van der Waals surface area contributed by atoms with Crippen LogP contribution in [0.25, 0.3) is 22.0 Å². The molecule has 0 aliphatic rings. The predicted molar refractivity (Wildman–Crippen MR) is 76.3 cm³/mol. The number of rotatable bonds is 3. The predicted octanol–water partition coefficient (Wildman–Crippen LogP) is 2.13. The minimum Gasteiger partial charge on any atom is -0.377 e. The summed E-state index contributed by atoms with van der Waals surface area (Å²) in [5.41, 5.74) is 1.36. The number of H-pyrrole nitrogens is 1. The van der Waals surface area contributed by atoms with Crippen LogP contribution in [0.2, 0.25) is 0 Å². The number of benzene rings is 1. The third kappa shape index (κ3) is 2.31. The van der Waals surface area contributed by atoms with Crippen LogP contribution < -0.4 is 5.56 Å². The highest BCUT2D eigenvalue weighted by Crippen LogP contribution is 2.25. The number of fused-ring (bicyclic) bond motifs is 1. The van der Waals surface area contributed by atoms with Gasteiger partial charge in [-0.2, -0.15) is 0 Å². The Morgan fingerprint density at radius 1 is 1.30 bits per heavy atom. The van der Waals surface area contributed by atoms with E-state index in [2.05, 4.69) is 15.0 Å². The second-order valence-corrected chi connectivity index (χ2v) is 4.41. The van der Waals surface area contributed by atoms with Crippen LogP contribution >= 0.6 is 0 Å². The van der Waals surface area contributed by atoms with Crippen molar-refractivity contribution in [1.29, 1.82) is 0 Å². The lowest BCUT2D eigenvalue weighted by Crippen LogP contribution is -2.11. The van der Waals surface area contributed by atoms with E-state index in [1.54, 1.807) is 19.5 Å². The Kier molecular flexibility index (Phi) is 3.26. The Morgan fingerprint density at radius 3 is 3.05 bits per heavy atom. The molecule has 20 heavy (non-hydrogen) atoms. The van der Waals surface area contributed by atoms with Crippen LogP contribution in [-0.2, 0) is 11.3 Å². The zero-order chi connectivity index (χ0) is 13.9. The highest BCUT2D eigenvalue weighted by atomic mass is 16.5. The van der Waals surface area contributed by atoms with Crippen LogP contribution in [0, 0.1) is 0 Å². The molecule has 0 amide bonds. The van der Waals surface area contributed by atoms with E-state index in [1.165, 1.54) is 6.07 Å². The van der Waals surface area contributed by atoms with Gasteiger partial charge in [-0.15, -0.1) is 0 Å². The van der Waals surface area contributed by atoms with E-state index < -0.39 is 0 Å². The van der Waals surface area contributed by atoms with Gasteiger partial charge in [-0.05, 0) is 11.5 Å². The van der Waals surface area contributed by atoms with Crippen LogP contribution in [0.4, 0.5) is 0 Å². The molecule has 100 valence electrons. The van der Waals surface area contributed by atoms with Crippen molar-refractivity contribution in [3.8, 4) is 11.3 Å². The van der Waals surface area contributed by atoms with E-state index in [1.807, 2.05) is 24.3 Å². The average molecular weight is 267 g/mol. The van der Waals surface area contributed by atoms with E-state index in [9.17, 15) is 4.79 Å². The molecule has 0 saturated carbocycles. The first-order valence-corrected chi connectivity index (χ1v) is 6.20. The summed E-state index contributed by atoms with van der Waals surface area (Å²) in [6.07, 6.45) is 3.52. The van der Waals surface area contributed by atoms with Gasteiger partial charge >= 0.3 is 0 Å². The first kappa shape index (κ1) is 12.5. The van der Waals surface area contributed by atoms with Crippen molar-refractivity contribution in [2.75, 3.05) is 7.11 Å². The zero-order valence-electron chi connectivity index (χ0n) is 11.0. The van der Waals surface area contributed by atoms with E-state index in [4.69, 9.17) is 4.74 Å². The quantitative estimate of drug-likeness (QED) is 0.789. The fraction of sp³-hybridized carbons (Fsp3) is 0.133. The number of nitrogens with one attached hydrogen (secondary N) is 1. The van der Waals surface area contributed by atoms with Gasteiger partial charge in [0.15, 0.2) is 0 Å². The van der Waals surface area contributed by atoms with Crippen molar-refractivity contribution in [3.63, 3.8) is 0 Å². The molecular formula is C15H13N3O2. The van der Waals surface area contributed by atoms with Gasteiger partial charge in [-0.3, -0.25) is 9.78 Å². The Morgan fingerprint density at radius 2 is 2.20 bits per heavy atom. The average Bonchev–Trinajstić information content (AvgIpc) is 2.46. The third-order valence-electron chi connectivity index (χ3n) is 3.03. The van der Waals surface area contributed by atoms with Gasteiger partial charge in [0.2, 0.25) is 0 Å². The van der Waals surface area contributed by atoms with Gasteiger partial charge in [-0.1, -0.05) is 18.2 Å². The molecular weight excluding hydrogens is 254 g/mol. The Labute approximate surface area is 115 Å². The van der Waals surface area contributed by atoms with Crippen molar-refractivity contribution in [1.82, 2.24) is 15.0 Å². The topological polar surface area (TPSA) is 67.9 Å². The van der Waals surface area contributed by atoms with E-state index in [0.717, 1.165) is 16.3 Å². The summed E-state index contributed by atoms with van der Waals surface area (Å²) in [6.45, 7) is 0.273. The second-order valence-electron chi connectivity index (χ2n) is 4.41. The smallest absolute Gasteiger partial charge is 0.251 e. The van der Waals surface area contributed by atoms with Crippen LogP contribution in [0.1, 0.15) is 5.82 Å². The number of hydrogen-bond donors (Lipinski definition) is 1. The number of aromatic nitrogens is 3. The number of hydrogen-bond acceptors (Lipinski definition) is 4. The monoisotopic (exact) mass is 267 g/mol. The SMILES string of the molecule is COCc1nc(-c2cccc3cnccc23)cc(=O)[nH]1. The van der Waals surface area contributed by atoms with Crippen molar-refractivity contribution < 1.29 is 4.74 Å². The first-order chi connectivity index (χ1) is 9.78. The highest BCUT2D eigenvalue weighted by Gasteiger charge is 2.07. The standard InChI is InChI=1S/C15H13N3O2/c1-20-9-14-17-13(7-15(19)18-14)12-4-2-3-10-8-16-6-5-11(10)12/h2-8H,9H2,1H3,(H,17,18,19). The maximum atomic E-state index is 11.7. The molecule has 0 saturated heterocycles. The van der Waals surface area contributed by atoms with Crippen molar-refractivity contribution >= 4 is 10.8 Å². The number of ether oxygens (including phenoxy) is 1. The summed E-state index contributed by atoms with van der Waals surface area (Å²) < 4.78 is 5.02. The normalized spacial score (nSPS) is 10.8. The van der Waals surface area contributed by atoms with Gasteiger partial charge in [-0.25, -0.2) is 4.98 Å². The highest BCUT2D eigenvalue weighted by molar-refractivity contribution is 5.95. The molecule has 0 fully saturated rings. The summed E-state index contributed by atoms with van der Waals surface area (Å²) in [7, 11) is 1.57. The lowest BCUT2D eigenvalue weighted by Gasteiger charge is -2.07. The van der Waals surface area contributed by atoms with Gasteiger partial charge in [0.25, 0.3) is 5.56 Å². The zero-order valence-corrected chi connectivity index (χ0v) is 11.0. The van der Waals surface area contributed by atoms with Crippen molar-refractivity contribution in [2.24, 2.45) is 0 Å². The molecule has 0 unspecified atom stereocenters. The van der Waals surface area contributed by atoms with E-state index in [0.29, 0.717) is 11.5 Å². The number of nitrogens with zero attached hydrogens (tertiary/aromatic N) is 2. The first-order valence-electron chi connectivity index (χ1n) is 6.20. The summed E-state index contributed by atoms with van der Waals surface area (Å²) in [6, 6.07) is 9.27. The van der Waals surface area contributed by atoms with Crippen molar-refractivity contribution in [3.05, 3.63) is 58.9 Å². The molecule has 5 heteroatoms. The molecule has 3 aromatic rings. The Hall–Kier alpha value is -2.53. The molecule has 0 aliphatic heterocycles. The molecule has 2 heterocycles. The van der Waals surface area contributed by atoms with Crippen LogP contribution in [0.15, 0.2) is 47.5 Å². The number of aromatic amines is 1. The lowest BCUT2D eigenvalue weighted by molar-refractivity contribution is 0.177. The fourth-order valence-corrected chi connectivity index (χ4v) is 2.20. The summed E-state index contributed by atoms with van der Waals surface area (Å²) in [4.78, 5) is 22.9. The maximum Gasteiger partial charge on any atom is 0.251 e. The summed E-state index contributed by atoms with van der Waals surface area (Å²) in [5.74, 6) is 0.515. The maximum absolute atomic E-state index is 11.7. The molecule has 0 spiro atoms. The molecule has 1 N–H and O–H groups in total. The Bertz CT molecular complexity index is 806. The lowest BCUT2D eigenvalue weighted by atomic mass is 10.0. The summed E-state index contributed by atoms with van der Waals surface area (Å²) >= 11 is 0. The van der Waals surface area contributed by atoms with Crippen molar-refractivity contribution in [2.45, 2.75) is 6.61 Å². The molecule has 0 aliphatic carbocycles. The minimum atomic E-state index is -0.187.